The fraction of sp³-hybridized carbons (Fsp3) is 0.231. The molecule has 6 nitrogen and oxygen atoms in total. The van der Waals surface area contributed by atoms with Gasteiger partial charge in [0.05, 0.1) is 31.0 Å². The van der Waals surface area contributed by atoms with Gasteiger partial charge in [-0.1, -0.05) is 29.8 Å². The highest BCUT2D eigenvalue weighted by atomic mass is 16.5. The van der Waals surface area contributed by atoms with E-state index in [1.807, 2.05) is 51.1 Å². The average molecular weight is 431 g/mol. The number of ether oxygens (including phenoxy) is 1. The molecule has 1 fully saturated rings. The summed E-state index contributed by atoms with van der Waals surface area (Å²) in [6, 6.07) is 15.6. The van der Waals surface area contributed by atoms with Crippen LogP contribution in [-0.4, -0.2) is 28.3 Å². The number of likely N-dealkylation sites (tertiary alicyclic amines) is 1. The lowest BCUT2D eigenvalue weighted by Gasteiger charge is -2.25. The topological polar surface area (TPSA) is 80.0 Å². The predicted molar refractivity (Wildman–Crippen MR) is 120 cm³/mol. The molecule has 1 aliphatic heterocycles. The molecule has 6 heteroatoms. The van der Waals surface area contributed by atoms with Crippen LogP contribution in [-0.2, 0) is 16.1 Å². The maximum absolute atomic E-state index is 13.1. The molecule has 3 aromatic rings. The second-order valence-corrected chi connectivity index (χ2v) is 7.83. The zero-order valence-electron chi connectivity index (χ0n) is 18.3. The number of carbonyl (C=O) groups is 2. The summed E-state index contributed by atoms with van der Waals surface area (Å²) < 4.78 is 11.0. The Morgan fingerprint density at radius 1 is 1.09 bits per heavy atom. The van der Waals surface area contributed by atoms with E-state index in [1.165, 1.54) is 11.2 Å². The molecule has 1 N–H and O–H groups in total. The minimum absolute atomic E-state index is 0.0689. The first-order chi connectivity index (χ1) is 15.4. The van der Waals surface area contributed by atoms with E-state index in [2.05, 4.69) is 0 Å². The van der Waals surface area contributed by atoms with E-state index in [1.54, 1.807) is 24.3 Å². The number of Topliss-reactive ketones (excluding diaryl/α,β-unsaturated/α-hetero) is 1. The van der Waals surface area contributed by atoms with Crippen molar-refractivity contribution >= 4 is 17.4 Å². The number of benzene rings is 2. The van der Waals surface area contributed by atoms with Crippen LogP contribution < -0.4 is 4.74 Å². The second-order valence-electron chi connectivity index (χ2n) is 7.83. The highest BCUT2D eigenvalue weighted by Gasteiger charge is 2.46. The van der Waals surface area contributed by atoms with Crippen LogP contribution in [0.1, 0.15) is 41.0 Å². The number of hydrogen-bond acceptors (Lipinski definition) is 5. The number of carbonyl (C=O) groups excluding carboxylic acids is 2. The quantitative estimate of drug-likeness (QED) is 0.341. The van der Waals surface area contributed by atoms with Gasteiger partial charge in [0.25, 0.3) is 11.7 Å². The Bertz CT molecular complexity index is 1180. The summed E-state index contributed by atoms with van der Waals surface area (Å²) >= 11 is 0. The lowest BCUT2D eigenvalue weighted by molar-refractivity contribution is -0.140. The number of aliphatic hydroxyl groups is 1. The van der Waals surface area contributed by atoms with E-state index in [0.29, 0.717) is 29.2 Å². The van der Waals surface area contributed by atoms with E-state index >= 15 is 0 Å². The molecule has 2 aromatic carbocycles. The van der Waals surface area contributed by atoms with E-state index in [-0.39, 0.29) is 17.9 Å². The van der Waals surface area contributed by atoms with Crippen molar-refractivity contribution in [2.24, 2.45) is 0 Å². The van der Waals surface area contributed by atoms with Crippen molar-refractivity contribution in [1.29, 1.82) is 0 Å². The molecule has 164 valence electrons. The van der Waals surface area contributed by atoms with E-state index in [0.717, 1.165) is 11.1 Å². The van der Waals surface area contributed by atoms with Crippen LogP contribution in [0.15, 0.2) is 70.9 Å². The number of rotatable bonds is 6. The van der Waals surface area contributed by atoms with E-state index in [4.69, 9.17) is 9.15 Å². The zero-order chi connectivity index (χ0) is 22.8. The molecular formula is C26H25NO5. The van der Waals surface area contributed by atoms with Crippen molar-refractivity contribution in [3.05, 3.63) is 94.4 Å². The molecule has 0 aliphatic carbocycles. The first kappa shape index (κ1) is 21.4. The number of hydrogen-bond donors (Lipinski definition) is 1. The Morgan fingerprint density at radius 3 is 2.50 bits per heavy atom. The molecule has 2 heterocycles. The number of aryl methyl sites for hydroxylation is 2. The van der Waals surface area contributed by atoms with Crippen molar-refractivity contribution < 1.29 is 23.8 Å². The number of amides is 1. The van der Waals surface area contributed by atoms with Gasteiger partial charge in [-0.2, -0.15) is 0 Å². The first-order valence-corrected chi connectivity index (χ1v) is 10.5. The van der Waals surface area contributed by atoms with E-state index in [9.17, 15) is 14.7 Å². The van der Waals surface area contributed by atoms with Crippen molar-refractivity contribution in [3.8, 4) is 5.75 Å². The lowest BCUT2D eigenvalue weighted by atomic mass is 9.93. The molecule has 1 unspecified atom stereocenters. The smallest absolute Gasteiger partial charge is 0.296 e. The van der Waals surface area contributed by atoms with Gasteiger partial charge in [-0.15, -0.1) is 0 Å². The van der Waals surface area contributed by atoms with Gasteiger partial charge in [0.2, 0.25) is 0 Å². The molecule has 1 saturated heterocycles. The first-order valence-electron chi connectivity index (χ1n) is 10.5. The SMILES string of the molecule is CCOc1ccc(C2C(=C(O)c3cc(C)ccc3C)C(=O)C(=O)N2Cc2ccco2)cc1. The monoisotopic (exact) mass is 431 g/mol. The van der Waals surface area contributed by atoms with Gasteiger partial charge >= 0.3 is 0 Å². The Balaban J connectivity index is 1.87. The van der Waals surface area contributed by atoms with Gasteiger partial charge in [-0.3, -0.25) is 9.59 Å². The summed E-state index contributed by atoms with van der Waals surface area (Å²) in [5, 5.41) is 11.3. The van der Waals surface area contributed by atoms with Crippen LogP contribution in [0.25, 0.3) is 5.76 Å². The Labute approximate surface area is 186 Å². The van der Waals surface area contributed by atoms with Crippen LogP contribution >= 0.6 is 0 Å². The molecule has 0 saturated carbocycles. The van der Waals surface area contributed by atoms with Gasteiger partial charge in [0.1, 0.15) is 17.3 Å². The van der Waals surface area contributed by atoms with Gasteiger partial charge in [0.15, 0.2) is 0 Å². The van der Waals surface area contributed by atoms with Gasteiger partial charge in [-0.25, -0.2) is 0 Å². The maximum Gasteiger partial charge on any atom is 0.296 e. The molecule has 1 aromatic heterocycles. The van der Waals surface area contributed by atoms with Crippen LogP contribution in [0, 0.1) is 13.8 Å². The summed E-state index contributed by atoms with van der Waals surface area (Å²) in [6.45, 7) is 6.31. The predicted octanol–water partition coefficient (Wildman–Crippen LogP) is 4.92. The van der Waals surface area contributed by atoms with Gasteiger partial charge < -0.3 is 19.2 Å². The lowest BCUT2D eigenvalue weighted by Crippen LogP contribution is -2.29. The molecular weight excluding hydrogens is 406 g/mol. The number of furan rings is 1. The van der Waals surface area contributed by atoms with Crippen LogP contribution in [0.5, 0.6) is 5.75 Å². The normalized spacial score (nSPS) is 17.7. The zero-order valence-corrected chi connectivity index (χ0v) is 18.3. The van der Waals surface area contributed by atoms with Crippen LogP contribution in [0.3, 0.4) is 0 Å². The molecule has 32 heavy (non-hydrogen) atoms. The molecule has 1 aliphatic rings. The fourth-order valence-corrected chi connectivity index (χ4v) is 4.01. The molecule has 1 amide bonds. The standard InChI is InChI=1S/C26H25NO5/c1-4-31-19-11-9-18(10-12-19)23-22(24(28)21-14-16(2)7-8-17(21)3)25(29)26(30)27(23)15-20-6-5-13-32-20/h5-14,23,28H,4,15H2,1-3H3. The summed E-state index contributed by atoms with van der Waals surface area (Å²) in [7, 11) is 0. The van der Waals surface area contributed by atoms with Gasteiger partial charge in [0, 0.05) is 5.56 Å². The van der Waals surface area contributed by atoms with Crippen molar-refractivity contribution in [2.75, 3.05) is 6.61 Å². The Kier molecular flexibility index (Phi) is 5.86. The van der Waals surface area contributed by atoms with Gasteiger partial charge in [-0.05, 0) is 62.2 Å². The average Bonchev–Trinajstić information content (AvgIpc) is 3.38. The summed E-state index contributed by atoms with van der Waals surface area (Å²) in [5.41, 5.74) is 3.07. The highest BCUT2D eigenvalue weighted by Crippen LogP contribution is 2.41. The van der Waals surface area contributed by atoms with Crippen LogP contribution in [0.4, 0.5) is 0 Å². The molecule has 0 radical (unpaired) electrons. The van der Waals surface area contributed by atoms with E-state index < -0.39 is 17.7 Å². The summed E-state index contributed by atoms with van der Waals surface area (Å²) in [4.78, 5) is 27.6. The van der Waals surface area contributed by atoms with Crippen molar-refractivity contribution in [2.45, 2.75) is 33.4 Å². The van der Waals surface area contributed by atoms with Crippen molar-refractivity contribution in [1.82, 2.24) is 4.90 Å². The minimum atomic E-state index is -0.754. The third-order valence-electron chi connectivity index (χ3n) is 5.60. The molecule has 0 bridgehead atoms. The third-order valence-corrected chi connectivity index (χ3v) is 5.60. The number of aliphatic hydroxyl groups excluding tert-OH is 1. The Morgan fingerprint density at radius 2 is 1.84 bits per heavy atom. The third kappa shape index (κ3) is 3.91. The summed E-state index contributed by atoms with van der Waals surface area (Å²) in [6.07, 6.45) is 1.52. The number of nitrogens with zero attached hydrogens (tertiary/aromatic N) is 1. The second kappa shape index (κ2) is 8.75. The fourth-order valence-electron chi connectivity index (χ4n) is 4.01. The van der Waals surface area contributed by atoms with Crippen LogP contribution in [0.2, 0.25) is 0 Å². The minimum Gasteiger partial charge on any atom is -0.507 e. The maximum atomic E-state index is 13.1. The largest absolute Gasteiger partial charge is 0.507 e. The van der Waals surface area contributed by atoms with Crippen molar-refractivity contribution in [3.63, 3.8) is 0 Å². The summed E-state index contributed by atoms with van der Waals surface area (Å²) in [5.74, 6) is -0.324. The molecule has 4 rings (SSSR count). The number of ketones is 1. The molecule has 0 spiro atoms. The Hall–Kier alpha value is -3.80. The highest BCUT2D eigenvalue weighted by molar-refractivity contribution is 6.46. The molecule has 1 atom stereocenters.